The molecule has 0 radical (unpaired) electrons. The number of methoxy groups -OCH3 is 1. The Labute approximate surface area is 139 Å². The van der Waals surface area contributed by atoms with Gasteiger partial charge in [0.25, 0.3) is 5.91 Å². The summed E-state index contributed by atoms with van der Waals surface area (Å²) in [5.74, 6) is -0.641. The van der Waals surface area contributed by atoms with Gasteiger partial charge in [0.05, 0.1) is 12.0 Å². The summed E-state index contributed by atoms with van der Waals surface area (Å²) >= 11 is 0. The molecule has 0 saturated heterocycles. The number of benzene rings is 1. The highest BCUT2D eigenvalue weighted by Gasteiger charge is 2.53. The maximum absolute atomic E-state index is 12.4. The highest BCUT2D eigenvalue weighted by atomic mass is 32.2. The van der Waals surface area contributed by atoms with Gasteiger partial charge < -0.3 is 4.74 Å². The number of rotatable bonds is 3. The van der Waals surface area contributed by atoms with Gasteiger partial charge in [-0.05, 0) is 19.1 Å². The highest BCUT2D eigenvalue weighted by Crippen LogP contribution is 2.29. The minimum atomic E-state index is -3.38. The molecule has 1 atom stereocenters. The molecule has 1 aromatic carbocycles. The molecule has 0 aromatic heterocycles. The van der Waals surface area contributed by atoms with Gasteiger partial charge in [0.15, 0.2) is 15.4 Å². The number of hydrogen-bond donors (Lipinski definition) is 1. The summed E-state index contributed by atoms with van der Waals surface area (Å²) in [5.41, 5.74) is -1.33. The van der Waals surface area contributed by atoms with Crippen LogP contribution >= 0.6 is 0 Å². The topological polar surface area (TPSA) is 117 Å². The standard InChI is InChI=1S/C14H17N3O6S/c1-14(17(20)13(19)23-3)11(15-16(2)12(14)18)9-5-7-10(8-6-9)24(4,21)22/h5-8,20H,1-4H3. The molecule has 1 N–H and O–H groups in total. The second-order valence-corrected chi connectivity index (χ2v) is 7.44. The van der Waals surface area contributed by atoms with Crippen molar-refractivity contribution in [1.82, 2.24) is 10.1 Å². The molecule has 0 aliphatic carbocycles. The number of hydrazone groups is 1. The monoisotopic (exact) mass is 355 g/mol. The molecule has 1 aliphatic rings. The number of ether oxygens (including phenoxy) is 1. The second-order valence-electron chi connectivity index (χ2n) is 5.43. The Morgan fingerprint density at radius 1 is 1.33 bits per heavy atom. The van der Waals surface area contributed by atoms with Crippen molar-refractivity contribution in [3.8, 4) is 0 Å². The smallest absolute Gasteiger partial charge is 0.434 e. The molecule has 1 aliphatic heterocycles. The predicted molar refractivity (Wildman–Crippen MR) is 83.3 cm³/mol. The minimum Gasteiger partial charge on any atom is -0.451 e. The Morgan fingerprint density at radius 3 is 2.33 bits per heavy atom. The van der Waals surface area contributed by atoms with Crippen molar-refractivity contribution in [2.24, 2.45) is 5.10 Å². The van der Waals surface area contributed by atoms with E-state index in [9.17, 15) is 23.2 Å². The third-order valence-corrected chi connectivity index (χ3v) is 4.88. The van der Waals surface area contributed by atoms with E-state index in [-0.39, 0.29) is 15.7 Å². The number of amides is 2. The van der Waals surface area contributed by atoms with Crippen molar-refractivity contribution in [3.05, 3.63) is 29.8 Å². The molecule has 1 aromatic rings. The van der Waals surface area contributed by atoms with E-state index in [0.717, 1.165) is 18.4 Å². The van der Waals surface area contributed by atoms with E-state index in [2.05, 4.69) is 9.84 Å². The van der Waals surface area contributed by atoms with Crippen LogP contribution < -0.4 is 0 Å². The number of hydroxylamine groups is 2. The summed E-state index contributed by atoms with van der Waals surface area (Å²) in [6.45, 7) is 1.32. The second kappa shape index (κ2) is 5.87. The Hall–Kier alpha value is -2.46. The molecule has 1 unspecified atom stereocenters. The molecule has 0 fully saturated rings. The van der Waals surface area contributed by atoms with Crippen molar-refractivity contribution in [2.75, 3.05) is 20.4 Å². The van der Waals surface area contributed by atoms with E-state index in [1.807, 2.05) is 0 Å². The number of sulfone groups is 1. The van der Waals surface area contributed by atoms with E-state index in [0.29, 0.717) is 5.56 Å². The maximum Gasteiger partial charge on any atom is 0.434 e. The van der Waals surface area contributed by atoms with Crippen molar-refractivity contribution < 1.29 is 28.0 Å². The van der Waals surface area contributed by atoms with Gasteiger partial charge in [-0.1, -0.05) is 12.1 Å². The lowest BCUT2D eigenvalue weighted by Gasteiger charge is -2.30. The van der Waals surface area contributed by atoms with E-state index in [4.69, 9.17) is 0 Å². The van der Waals surface area contributed by atoms with Crippen LogP contribution in [0.5, 0.6) is 0 Å². The van der Waals surface area contributed by atoms with Crippen LogP contribution in [-0.2, 0) is 19.4 Å². The Kier molecular flexibility index (Phi) is 4.38. The first-order valence-electron chi connectivity index (χ1n) is 6.78. The summed E-state index contributed by atoms with van der Waals surface area (Å²) in [6, 6.07) is 5.61. The van der Waals surface area contributed by atoms with E-state index >= 15 is 0 Å². The van der Waals surface area contributed by atoms with Gasteiger partial charge in [-0.15, -0.1) is 0 Å². The van der Waals surface area contributed by atoms with Crippen molar-refractivity contribution in [3.63, 3.8) is 0 Å². The van der Waals surface area contributed by atoms with Gasteiger partial charge in [-0.2, -0.15) is 10.2 Å². The average molecular weight is 355 g/mol. The lowest BCUT2D eigenvalue weighted by molar-refractivity contribution is -0.156. The number of carbonyl (C=O) groups is 2. The van der Waals surface area contributed by atoms with Crippen molar-refractivity contribution in [1.29, 1.82) is 0 Å². The zero-order chi connectivity index (χ0) is 18.3. The number of nitrogens with zero attached hydrogens (tertiary/aromatic N) is 3. The van der Waals surface area contributed by atoms with Crippen LogP contribution in [0, 0.1) is 0 Å². The van der Waals surface area contributed by atoms with Gasteiger partial charge >= 0.3 is 6.09 Å². The fraction of sp³-hybridized carbons (Fsp3) is 0.357. The molecule has 24 heavy (non-hydrogen) atoms. The van der Waals surface area contributed by atoms with Gasteiger partial charge in [0.1, 0.15) is 5.71 Å². The third kappa shape index (κ3) is 2.74. The quantitative estimate of drug-likeness (QED) is 0.623. The Bertz CT molecular complexity index is 817. The van der Waals surface area contributed by atoms with Gasteiger partial charge in [0, 0.05) is 18.9 Å². The van der Waals surface area contributed by atoms with Crippen LogP contribution in [0.15, 0.2) is 34.3 Å². The normalized spacial score (nSPS) is 20.8. The SMILES string of the molecule is COC(=O)N(O)C1(C)C(=O)N(C)N=C1c1ccc(S(C)(=O)=O)cc1. The first-order valence-corrected chi connectivity index (χ1v) is 8.67. The first kappa shape index (κ1) is 17.9. The third-order valence-electron chi connectivity index (χ3n) is 3.75. The fourth-order valence-corrected chi connectivity index (χ4v) is 3.00. The summed E-state index contributed by atoms with van der Waals surface area (Å²) in [4.78, 5) is 24.2. The molecule has 130 valence electrons. The summed E-state index contributed by atoms with van der Waals surface area (Å²) in [5, 5.41) is 15.3. The van der Waals surface area contributed by atoms with E-state index < -0.39 is 27.4 Å². The Balaban J connectivity index is 2.52. The lowest BCUT2D eigenvalue weighted by atomic mass is 9.90. The molecule has 2 rings (SSSR count). The molecule has 2 amide bonds. The van der Waals surface area contributed by atoms with Crippen LogP contribution in [0.4, 0.5) is 4.79 Å². The lowest BCUT2D eigenvalue weighted by Crippen LogP contribution is -2.58. The molecular weight excluding hydrogens is 338 g/mol. The van der Waals surface area contributed by atoms with E-state index in [1.54, 1.807) is 0 Å². The summed E-state index contributed by atoms with van der Waals surface area (Å²) < 4.78 is 27.5. The first-order chi connectivity index (χ1) is 11.0. The molecule has 1 heterocycles. The number of likely N-dealkylation sites (N-methyl/N-ethyl adjacent to an activating group) is 1. The fourth-order valence-electron chi connectivity index (χ4n) is 2.37. The largest absolute Gasteiger partial charge is 0.451 e. The van der Waals surface area contributed by atoms with Gasteiger partial charge in [0.2, 0.25) is 0 Å². The molecular formula is C14H17N3O6S. The van der Waals surface area contributed by atoms with Crippen molar-refractivity contribution >= 4 is 27.5 Å². The van der Waals surface area contributed by atoms with Crippen molar-refractivity contribution in [2.45, 2.75) is 17.4 Å². The predicted octanol–water partition coefficient (Wildman–Crippen LogP) is 0.482. The van der Waals surface area contributed by atoms with Gasteiger partial charge in [-0.3, -0.25) is 10.0 Å². The Morgan fingerprint density at radius 2 is 1.88 bits per heavy atom. The molecule has 0 bridgehead atoms. The highest BCUT2D eigenvalue weighted by molar-refractivity contribution is 7.90. The van der Waals surface area contributed by atoms with Crippen LogP contribution in [0.3, 0.4) is 0 Å². The molecule has 10 heteroatoms. The zero-order valence-electron chi connectivity index (χ0n) is 13.5. The van der Waals surface area contributed by atoms with Crippen LogP contribution in [0.25, 0.3) is 0 Å². The molecule has 0 spiro atoms. The van der Waals surface area contributed by atoms with Gasteiger partial charge in [-0.25, -0.2) is 18.2 Å². The average Bonchev–Trinajstić information content (AvgIpc) is 2.78. The molecule has 0 saturated carbocycles. The van der Waals surface area contributed by atoms with Crippen LogP contribution in [-0.4, -0.2) is 67.4 Å². The number of carbonyl (C=O) groups excluding carboxylic acids is 2. The summed E-state index contributed by atoms with van der Waals surface area (Å²) in [7, 11) is -0.934. The van der Waals surface area contributed by atoms with E-state index in [1.165, 1.54) is 38.2 Å². The number of hydrogen-bond acceptors (Lipinski definition) is 7. The van der Waals surface area contributed by atoms with Crippen LogP contribution in [0.2, 0.25) is 0 Å². The zero-order valence-corrected chi connectivity index (χ0v) is 14.4. The summed E-state index contributed by atoms with van der Waals surface area (Å²) in [6.07, 6.45) is -0.0509. The molecule has 9 nitrogen and oxygen atoms in total. The maximum atomic E-state index is 12.4. The van der Waals surface area contributed by atoms with Crippen LogP contribution in [0.1, 0.15) is 12.5 Å². The minimum absolute atomic E-state index is 0.0861.